The van der Waals surface area contributed by atoms with Crippen molar-refractivity contribution in [3.05, 3.63) is 24.0 Å². The van der Waals surface area contributed by atoms with Gasteiger partial charge in [0.05, 0.1) is 5.71 Å². The summed E-state index contributed by atoms with van der Waals surface area (Å²) < 4.78 is 0. The van der Waals surface area contributed by atoms with E-state index < -0.39 is 0 Å². The van der Waals surface area contributed by atoms with Crippen LogP contribution in [-0.4, -0.2) is 39.0 Å². The molecule has 0 amide bonds. The Hall–Kier alpha value is -1.56. The summed E-state index contributed by atoms with van der Waals surface area (Å²) >= 11 is 5.34. The van der Waals surface area contributed by atoms with E-state index in [1.54, 1.807) is 6.20 Å². The Morgan fingerprint density at radius 3 is 2.89 bits per heavy atom. The normalized spacial score (nSPS) is 15.6. The van der Waals surface area contributed by atoms with E-state index in [0.717, 1.165) is 37.3 Å². The molecular weight excluding hydrogens is 258 g/mol. The number of nitrogens with one attached hydrogen (secondary N) is 1. The van der Waals surface area contributed by atoms with E-state index in [9.17, 15) is 0 Å². The van der Waals surface area contributed by atoms with Crippen LogP contribution in [0.15, 0.2) is 23.4 Å². The molecule has 0 aliphatic carbocycles. The van der Waals surface area contributed by atoms with Crippen LogP contribution in [0, 0.1) is 0 Å². The second-order valence-corrected chi connectivity index (χ2v) is 4.92. The molecule has 0 aromatic carbocycles. The van der Waals surface area contributed by atoms with Crippen molar-refractivity contribution in [1.29, 1.82) is 0 Å². The lowest BCUT2D eigenvalue weighted by molar-refractivity contribution is 0.509. The van der Waals surface area contributed by atoms with E-state index in [-0.39, 0.29) is 0 Å². The van der Waals surface area contributed by atoms with Gasteiger partial charge < -0.3 is 4.90 Å². The molecule has 6 heteroatoms. The van der Waals surface area contributed by atoms with Crippen LogP contribution in [0.1, 0.15) is 38.3 Å². The van der Waals surface area contributed by atoms with Crippen LogP contribution in [0.3, 0.4) is 0 Å². The van der Waals surface area contributed by atoms with E-state index in [4.69, 9.17) is 12.2 Å². The zero-order chi connectivity index (χ0) is 13.5. The predicted molar refractivity (Wildman–Crippen MR) is 80.0 cm³/mol. The highest BCUT2D eigenvalue weighted by molar-refractivity contribution is 7.80. The van der Waals surface area contributed by atoms with Gasteiger partial charge in [-0.3, -0.25) is 5.43 Å². The molecule has 0 radical (unpaired) electrons. The molecule has 5 nitrogen and oxygen atoms in total. The van der Waals surface area contributed by atoms with E-state index in [2.05, 4.69) is 32.5 Å². The summed E-state index contributed by atoms with van der Waals surface area (Å²) in [5, 5.41) is 13.1. The highest BCUT2D eigenvalue weighted by atomic mass is 32.1. The van der Waals surface area contributed by atoms with Crippen LogP contribution in [0.25, 0.3) is 0 Å². The summed E-state index contributed by atoms with van der Waals surface area (Å²) in [6.45, 7) is 4.16. The molecule has 19 heavy (non-hydrogen) atoms. The average Bonchev–Trinajstić information content (AvgIpc) is 2.98. The summed E-state index contributed by atoms with van der Waals surface area (Å²) in [5.41, 5.74) is 4.69. The van der Waals surface area contributed by atoms with Gasteiger partial charge in [-0.15, -0.1) is 5.10 Å². The highest BCUT2D eigenvalue weighted by Gasteiger charge is 2.14. The van der Waals surface area contributed by atoms with Gasteiger partial charge in [0.15, 0.2) is 5.11 Å². The molecule has 2 rings (SSSR count). The maximum Gasteiger partial charge on any atom is 0.189 e. The van der Waals surface area contributed by atoms with Crippen LogP contribution in [0.5, 0.6) is 0 Å². The zero-order valence-electron chi connectivity index (χ0n) is 11.2. The molecular formula is C13H19N5S. The third-order valence-corrected chi connectivity index (χ3v) is 3.38. The predicted octanol–water partition coefficient (Wildman–Crippen LogP) is 1.95. The van der Waals surface area contributed by atoms with Gasteiger partial charge in [0.2, 0.25) is 0 Å². The van der Waals surface area contributed by atoms with Crippen LogP contribution in [0.4, 0.5) is 0 Å². The molecule has 0 saturated carbocycles. The first-order chi connectivity index (χ1) is 9.31. The first-order valence-corrected chi connectivity index (χ1v) is 7.11. The first-order valence-electron chi connectivity index (χ1n) is 6.71. The number of aromatic nitrogens is 2. The van der Waals surface area contributed by atoms with Gasteiger partial charge in [-0.1, -0.05) is 13.3 Å². The molecule has 1 aliphatic heterocycles. The van der Waals surface area contributed by atoms with Crippen molar-refractivity contribution in [2.24, 2.45) is 5.10 Å². The van der Waals surface area contributed by atoms with Crippen LogP contribution >= 0.6 is 12.2 Å². The summed E-state index contributed by atoms with van der Waals surface area (Å²) in [6.07, 6.45) is 5.94. The number of hydrazone groups is 1. The van der Waals surface area contributed by atoms with E-state index in [1.807, 2.05) is 12.1 Å². The largest absolute Gasteiger partial charge is 0.348 e. The first kappa shape index (κ1) is 13.9. The van der Waals surface area contributed by atoms with Gasteiger partial charge in [0.1, 0.15) is 5.69 Å². The topological polar surface area (TPSA) is 53.4 Å². The molecule has 1 saturated heterocycles. The SMILES string of the molecule is CCC/C(=N\NC(=S)N1CCCC1)c1cccnn1. The van der Waals surface area contributed by atoms with E-state index in [0.29, 0.717) is 5.11 Å². The third kappa shape index (κ3) is 3.96. The molecule has 102 valence electrons. The molecule has 1 aromatic heterocycles. The van der Waals surface area contributed by atoms with Crippen molar-refractivity contribution in [3.8, 4) is 0 Å². The Bertz CT molecular complexity index is 440. The summed E-state index contributed by atoms with van der Waals surface area (Å²) in [4.78, 5) is 2.15. The van der Waals surface area contributed by atoms with Crippen LogP contribution < -0.4 is 5.43 Å². The lowest BCUT2D eigenvalue weighted by Gasteiger charge is -2.17. The Kier molecular flexibility index (Phi) is 5.20. The summed E-state index contributed by atoms with van der Waals surface area (Å²) in [7, 11) is 0. The molecule has 2 heterocycles. The number of hydrogen-bond donors (Lipinski definition) is 1. The number of rotatable bonds is 4. The van der Waals surface area contributed by atoms with Crippen molar-refractivity contribution in [2.75, 3.05) is 13.1 Å². The van der Waals surface area contributed by atoms with Gasteiger partial charge in [0.25, 0.3) is 0 Å². The number of likely N-dealkylation sites (tertiary alicyclic amines) is 1. The smallest absolute Gasteiger partial charge is 0.189 e. The monoisotopic (exact) mass is 277 g/mol. The van der Waals surface area contributed by atoms with Crippen molar-refractivity contribution in [3.63, 3.8) is 0 Å². The highest BCUT2D eigenvalue weighted by Crippen LogP contribution is 2.07. The molecule has 0 bridgehead atoms. The molecule has 0 unspecified atom stereocenters. The number of nitrogens with zero attached hydrogens (tertiary/aromatic N) is 4. The van der Waals surface area contributed by atoms with Crippen LogP contribution in [0.2, 0.25) is 0 Å². The fourth-order valence-corrected chi connectivity index (χ4v) is 2.27. The Morgan fingerprint density at radius 1 is 1.47 bits per heavy atom. The van der Waals surface area contributed by atoms with Gasteiger partial charge >= 0.3 is 0 Å². The number of thiocarbonyl (C=S) groups is 1. The van der Waals surface area contributed by atoms with Crippen molar-refractivity contribution in [1.82, 2.24) is 20.5 Å². The quantitative estimate of drug-likeness (QED) is 0.518. The minimum atomic E-state index is 0.704. The third-order valence-electron chi connectivity index (χ3n) is 3.03. The standard InChI is InChI=1S/C13H19N5S/c1-2-6-11(12-7-5-8-14-15-12)16-17-13(19)18-9-3-4-10-18/h5,7-8H,2-4,6,9-10H2,1H3,(H,17,19)/b16-11+. The van der Waals surface area contributed by atoms with Gasteiger partial charge in [-0.05, 0) is 43.6 Å². The fraction of sp³-hybridized carbons (Fsp3) is 0.538. The Balaban J connectivity index is 2.02. The lowest BCUT2D eigenvalue weighted by Crippen LogP contribution is -2.35. The molecule has 0 atom stereocenters. The summed E-state index contributed by atoms with van der Waals surface area (Å²) in [6, 6.07) is 3.79. The molecule has 1 N–H and O–H groups in total. The Morgan fingerprint density at radius 2 is 2.26 bits per heavy atom. The van der Waals surface area contributed by atoms with E-state index >= 15 is 0 Å². The van der Waals surface area contributed by atoms with Crippen LogP contribution in [-0.2, 0) is 0 Å². The van der Waals surface area contributed by atoms with Gasteiger partial charge in [-0.2, -0.15) is 10.2 Å². The zero-order valence-corrected chi connectivity index (χ0v) is 12.0. The lowest BCUT2D eigenvalue weighted by atomic mass is 10.1. The van der Waals surface area contributed by atoms with Gasteiger partial charge in [-0.25, -0.2) is 0 Å². The molecule has 1 aliphatic rings. The maximum absolute atomic E-state index is 5.34. The fourth-order valence-electron chi connectivity index (χ4n) is 2.04. The average molecular weight is 277 g/mol. The van der Waals surface area contributed by atoms with Crippen molar-refractivity contribution >= 4 is 23.0 Å². The van der Waals surface area contributed by atoms with Gasteiger partial charge in [0, 0.05) is 19.3 Å². The molecule has 1 fully saturated rings. The molecule has 1 aromatic rings. The second kappa shape index (κ2) is 7.13. The summed E-state index contributed by atoms with van der Waals surface area (Å²) in [5.74, 6) is 0. The van der Waals surface area contributed by atoms with Crippen molar-refractivity contribution < 1.29 is 0 Å². The minimum absolute atomic E-state index is 0.704. The Labute approximate surface area is 119 Å². The maximum atomic E-state index is 5.34. The number of hydrogen-bond acceptors (Lipinski definition) is 4. The van der Waals surface area contributed by atoms with Crippen molar-refractivity contribution in [2.45, 2.75) is 32.6 Å². The minimum Gasteiger partial charge on any atom is -0.348 e. The van der Waals surface area contributed by atoms with E-state index in [1.165, 1.54) is 12.8 Å². The second-order valence-electron chi connectivity index (χ2n) is 4.53. The molecule has 0 spiro atoms.